The summed E-state index contributed by atoms with van der Waals surface area (Å²) in [6.45, 7) is 4.49. The largest absolute Gasteiger partial charge is 0.481 e. The Labute approximate surface area is 272 Å². The summed E-state index contributed by atoms with van der Waals surface area (Å²) in [4.78, 5) is 23.3. The summed E-state index contributed by atoms with van der Waals surface area (Å²) in [6.07, 6.45) is 47.1. The Hall–Kier alpha value is -2.10. The van der Waals surface area contributed by atoms with Gasteiger partial charge in [0.25, 0.3) is 0 Å². The van der Waals surface area contributed by atoms with Crippen LogP contribution in [0.25, 0.3) is 0 Å². The Kier molecular flexibility index (Phi) is 33.7. The highest BCUT2D eigenvalue weighted by atomic mass is 16.5. The summed E-state index contributed by atoms with van der Waals surface area (Å²) in [5, 5.41) is 8.81. The molecule has 0 saturated carbocycles. The molecule has 44 heavy (non-hydrogen) atoms. The summed E-state index contributed by atoms with van der Waals surface area (Å²) in [6, 6.07) is 0. The van der Waals surface area contributed by atoms with Gasteiger partial charge in [0, 0.05) is 12.8 Å². The van der Waals surface area contributed by atoms with E-state index in [0.717, 1.165) is 57.8 Å². The SMILES string of the molecule is CCCCCC/C=C\C/C=C\CCCCCCCCCC(=O)OC(/C=C\C/C=C\CCCCCC)CCCCCCC(=O)O. The number of allylic oxidation sites excluding steroid dienone is 7. The van der Waals surface area contributed by atoms with Crippen molar-refractivity contribution in [1.29, 1.82) is 0 Å². The fraction of sp³-hybridized carbons (Fsp3) is 0.750. The van der Waals surface area contributed by atoms with E-state index in [1.54, 1.807) is 0 Å². The summed E-state index contributed by atoms with van der Waals surface area (Å²) in [5.41, 5.74) is 0. The van der Waals surface area contributed by atoms with Gasteiger partial charge in [-0.05, 0) is 83.1 Å². The second kappa shape index (κ2) is 35.4. The van der Waals surface area contributed by atoms with Crippen molar-refractivity contribution in [3.8, 4) is 0 Å². The van der Waals surface area contributed by atoms with Crippen LogP contribution in [0.4, 0.5) is 0 Å². The molecule has 0 aromatic rings. The van der Waals surface area contributed by atoms with Gasteiger partial charge in [-0.1, -0.05) is 140 Å². The molecule has 0 aliphatic carbocycles. The quantitative estimate of drug-likeness (QED) is 0.0454. The molecule has 0 fully saturated rings. The lowest BCUT2D eigenvalue weighted by molar-refractivity contribution is -0.147. The second-order valence-electron chi connectivity index (χ2n) is 12.4. The number of carbonyl (C=O) groups excluding carboxylic acids is 1. The molecule has 1 N–H and O–H groups in total. The summed E-state index contributed by atoms with van der Waals surface area (Å²) >= 11 is 0. The third-order valence-electron chi connectivity index (χ3n) is 8.01. The summed E-state index contributed by atoms with van der Waals surface area (Å²) in [7, 11) is 0. The minimum Gasteiger partial charge on any atom is -0.481 e. The lowest BCUT2D eigenvalue weighted by atomic mass is 10.1. The van der Waals surface area contributed by atoms with Crippen LogP contribution < -0.4 is 0 Å². The molecule has 4 nitrogen and oxygen atoms in total. The van der Waals surface area contributed by atoms with E-state index in [4.69, 9.17) is 9.84 Å². The van der Waals surface area contributed by atoms with E-state index in [1.807, 2.05) is 0 Å². The van der Waals surface area contributed by atoms with Crippen LogP contribution in [0.2, 0.25) is 0 Å². The molecular formula is C40H70O4. The summed E-state index contributed by atoms with van der Waals surface area (Å²) < 4.78 is 5.85. The van der Waals surface area contributed by atoms with Crippen LogP contribution in [0.1, 0.15) is 187 Å². The van der Waals surface area contributed by atoms with E-state index in [1.165, 1.54) is 96.3 Å². The first kappa shape index (κ1) is 41.9. The molecule has 0 spiro atoms. The van der Waals surface area contributed by atoms with E-state index in [2.05, 4.69) is 62.5 Å². The van der Waals surface area contributed by atoms with Gasteiger partial charge < -0.3 is 9.84 Å². The number of aliphatic carboxylic acids is 1. The molecule has 0 bridgehead atoms. The number of unbranched alkanes of at least 4 members (excludes halogenated alkanes) is 18. The van der Waals surface area contributed by atoms with Gasteiger partial charge in [0.1, 0.15) is 6.10 Å². The molecular weight excluding hydrogens is 544 g/mol. The minimum atomic E-state index is -0.729. The minimum absolute atomic E-state index is 0.0879. The Balaban J connectivity index is 4.04. The number of carbonyl (C=O) groups is 2. The van der Waals surface area contributed by atoms with Gasteiger partial charge in [0.05, 0.1) is 0 Å². The molecule has 0 aromatic carbocycles. The lowest BCUT2D eigenvalue weighted by Gasteiger charge is -2.14. The van der Waals surface area contributed by atoms with Gasteiger partial charge in [0.15, 0.2) is 0 Å². The number of esters is 1. The van der Waals surface area contributed by atoms with E-state index in [-0.39, 0.29) is 18.5 Å². The highest BCUT2D eigenvalue weighted by Gasteiger charge is 2.11. The molecule has 0 radical (unpaired) electrons. The first-order chi connectivity index (χ1) is 21.6. The second-order valence-corrected chi connectivity index (χ2v) is 12.4. The molecule has 1 atom stereocenters. The van der Waals surface area contributed by atoms with Crippen LogP contribution in [0, 0.1) is 0 Å². The van der Waals surface area contributed by atoms with Gasteiger partial charge in [-0.3, -0.25) is 9.59 Å². The Bertz CT molecular complexity index is 748. The Morgan fingerprint density at radius 1 is 0.523 bits per heavy atom. The molecule has 0 heterocycles. The highest BCUT2D eigenvalue weighted by molar-refractivity contribution is 5.69. The fourth-order valence-electron chi connectivity index (χ4n) is 5.22. The van der Waals surface area contributed by atoms with Gasteiger partial charge in [-0.25, -0.2) is 0 Å². The number of hydrogen-bond donors (Lipinski definition) is 1. The Morgan fingerprint density at radius 2 is 0.955 bits per heavy atom. The molecule has 0 aromatic heterocycles. The average molecular weight is 615 g/mol. The van der Waals surface area contributed by atoms with Crippen LogP contribution in [-0.2, 0) is 14.3 Å². The van der Waals surface area contributed by atoms with Crippen LogP contribution in [0.5, 0.6) is 0 Å². The maximum atomic E-state index is 12.5. The maximum Gasteiger partial charge on any atom is 0.306 e. The van der Waals surface area contributed by atoms with Crippen LogP contribution in [0.15, 0.2) is 48.6 Å². The first-order valence-electron chi connectivity index (χ1n) is 18.6. The fourth-order valence-corrected chi connectivity index (χ4v) is 5.22. The van der Waals surface area contributed by atoms with E-state index < -0.39 is 5.97 Å². The van der Waals surface area contributed by atoms with Crippen molar-refractivity contribution < 1.29 is 19.4 Å². The van der Waals surface area contributed by atoms with Crippen LogP contribution in [-0.4, -0.2) is 23.1 Å². The van der Waals surface area contributed by atoms with Gasteiger partial charge >= 0.3 is 11.9 Å². The van der Waals surface area contributed by atoms with Gasteiger partial charge in [-0.2, -0.15) is 0 Å². The standard InChI is InChI=1S/C40H70O4/c1-3-5-7-9-11-13-14-15-16-17-18-19-20-21-23-25-27-33-37-40(43)44-38(35-31-28-29-32-36-39(41)42)34-30-26-24-22-12-10-8-6-4-2/h13-14,16-17,22,24,30,34,38H,3-12,15,18-21,23,25-29,31-33,35-37H2,1-2H3,(H,41,42)/b14-13-,17-16-,24-22-,34-30-. The smallest absolute Gasteiger partial charge is 0.306 e. The van der Waals surface area contributed by atoms with E-state index in [0.29, 0.717) is 12.8 Å². The van der Waals surface area contributed by atoms with Gasteiger partial charge in [-0.15, -0.1) is 0 Å². The highest BCUT2D eigenvalue weighted by Crippen LogP contribution is 2.15. The Morgan fingerprint density at radius 3 is 1.48 bits per heavy atom. The predicted molar refractivity (Wildman–Crippen MR) is 190 cm³/mol. The first-order valence-corrected chi connectivity index (χ1v) is 18.6. The average Bonchev–Trinajstić information content (AvgIpc) is 3.01. The molecule has 0 aliphatic heterocycles. The van der Waals surface area contributed by atoms with Crippen LogP contribution in [0.3, 0.4) is 0 Å². The van der Waals surface area contributed by atoms with E-state index >= 15 is 0 Å². The molecule has 0 rings (SSSR count). The number of rotatable bonds is 33. The molecule has 4 heteroatoms. The summed E-state index contributed by atoms with van der Waals surface area (Å²) in [5.74, 6) is -0.816. The number of hydrogen-bond acceptors (Lipinski definition) is 3. The van der Waals surface area contributed by atoms with Crippen molar-refractivity contribution in [3.63, 3.8) is 0 Å². The van der Waals surface area contributed by atoms with Crippen molar-refractivity contribution in [2.24, 2.45) is 0 Å². The topological polar surface area (TPSA) is 63.6 Å². The molecule has 0 amide bonds. The van der Waals surface area contributed by atoms with Gasteiger partial charge in [0.2, 0.25) is 0 Å². The van der Waals surface area contributed by atoms with Crippen molar-refractivity contribution in [2.45, 2.75) is 193 Å². The lowest BCUT2D eigenvalue weighted by Crippen LogP contribution is -2.16. The maximum absolute atomic E-state index is 12.5. The molecule has 0 aliphatic rings. The van der Waals surface area contributed by atoms with E-state index in [9.17, 15) is 9.59 Å². The third-order valence-corrected chi connectivity index (χ3v) is 8.01. The number of carboxylic acids is 1. The van der Waals surface area contributed by atoms with Crippen LogP contribution >= 0.6 is 0 Å². The zero-order valence-electron chi connectivity index (χ0n) is 29.0. The normalized spacial score (nSPS) is 12.8. The van der Waals surface area contributed by atoms with Crippen molar-refractivity contribution in [1.82, 2.24) is 0 Å². The molecule has 0 saturated heterocycles. The zero-order valence-corrected chi connectivity index (χ0v) is 29.0. The molecule has 1 unspecified atom stereocenters. The monoisotopic (exact) mass is 615 g/mol. The number of carboxylic acid groups (broad SMARTS) is 1. The van der Waals surface area contributed by atoms with Crippen molar-refractivity contribution >= 4 is 11.9 Å². The van der Waals surface area contributed by atoms with Crippen molar-refractivity contribution in [2.75, 3.05) is 0 Å². The predicted octanol–water partition coefficient (Wildman–Crippen LogP) is 12.8. The van der Waals surface area contributed by atoms with Crippen molar-refractivity contribution in [3.05, 3.63) is 48.6 Å². The zero-order chi connectivity index (χ0) is 32.2. The third kappa shape index (κ3) is 34.4. The number of ether oxygens (including phenoxy) is 1. The molecule has 254 valence electrons.